The number of nitro benzene ring substituents is 1. The van der Waals surface area contributed by atoms with E-state index in [-0.39, 0.29) is 16.7 Å². The summed E-state index contributed by atoms with van der Waals surface area (Å²) in [4.78, 5) is 9.51. The van der Waals surface area contributed by atoms with Gasteiger partial charge in [0.2, 0.25) is 0 Å². The molecule has 0 radical (unpaired) electrons. The van der Waals surface area contributed by atoms with Crippen molar-refractivity contribution < 1.29 is 22.3 Å². The number of hydrogen-bond donors (Lipinski definition) is 0. The molecule has 0 bridgehead atoms. The van der Waals surface area contributed by atoms with Crippen molar-refractivity contribution in [3.8, 4) is 12.0 Å². The third-order valence-electron chi connectivity index (χ3n) is 2.02. The predicted octanol–water partition coefficient (Wildman–Crippen LogP) is 0.660. The molecule has 1 aromatic rings. The number of epoxide rings is 1. The fourth-order valence-corrected chi connectivity index (χ4v) is 1.84. The number of nitro groups is 1. The number of ether oxygens (including phenoxy) is 1. The molecule has 1 aromatic carbocycles. The minimum atomic E-state index is -4.12. The van der Waals surface area contributed by atoms with Crippen LogP contribution in [0.3, 0.4) is 0 Å². The summed E-state index contributed by atoms with van der Waals surface area (Å²) in [6.45, 7) is 0.452. The minimum absolute atomic E-state index is 0.287. The van der Waals surface area contributed by atoms with Gasteiger partial charge in [0, 0.05) is 12.1 Å². The van der Waals surface area contributed by atoms with Gasteiger partial charge >= 0.3 is 10.1 Å². The summed E-state index contributed by atoms with van der Waals surface area (Å²) in [6.07, 6.45) is 1.72. The molecule has 1 saturated heterocycles. The number of hydrogen-bond acceptors (Lipinski definition) is 6. The maximum Gasteiger partial charge on any atom is 0.347 e. The zero-order valence-corrected chi connectivity index (χ0v) is 9.72. The molecule has 0 aliphatic carbocycles. The van der Waals surface area contributed by atoms with Crippen LogP contribution >= 0.6 is 0 Å². The van der Waals surface area contributed by atoms with Gasteiger partial charge in [-0.1, -0.05) is 6.07 Å². The minimum Gasteiger partial charge on any atom is -0.359 e. The maximum atomic E-state index is 11.6. The van der Waals surface area contributed by atoms with E-state index in [1.54, 1.807) is 0 Å². The average molecular weight is 269 g/mol. The highest BCUT2D eigenvalue weighted by atomic mass is 32.2. The lowest BCUT2D eigenvalue weighted by atomic mass is 10.3. The van der Waals surface area contributed by atoms with E-state index in [1.165, 1.54) is 18.2 Å². The lowest BCUT2D eigenvalue weighted by molar-refractivity contribution is -0.385. The Labute approximate surface area is 103 Å². The van der Waals surface area contributed by atoms with Gasteiger partial charge in [-0.25, -0.2) is 0 Å². The fourth-order valence-electron chi connectivity index (χ4n) is 1.08. The molecule has 1 unspecified atom stereocenters. The topological polar surface area (TPSA) is 99.0 Å². The first-order valence-electron chi connectivity index (χ1n) is 4.79. The highest BCUT2D eigenvalue weighted by Gasteiger charge is 2.21. The van der Waals surface area contributed by atoms with Crippen LogP contribution in [0, 0.1) is 22.1 Å². The average Bonchev–Trinajstić information content (AvgIpc) is 3.13. The number of non-ortho nitro benzene ring substituents is 1. The van der Waals surface area contributed by atoms with E-state index < -0.39 is 15.0 Å². The molecule has 0 spiro atoms. The molecule has 1 fully saturated rings. The Morgan fingerprint density at radius 2 is 2.22 bits per heavy atom. The van der Waals surface area contributed by atoms with Crippen LogP contribution in [0.15, 0.2) is 29.2 Å². The highest BCUT2D eigenvalue weighted by molar-refractivity contribution is 7.86. The van der Waals surface area contributed by atoms with Crippen LogP contribution in [0.25, 0.3) is 0 Å². The largest absolute Gasteiger partial charge is 0.359 e. The number of nitrogens with zero attached hydrogens (tertiary/aromatic N) is 1. The monoisotopic (exact) mass is 269 g/mol. The zero-order valence-electron chi connectivity index (χ0n) is 8.90. The Bertz CT molecular complexity index is 638. The molecular formula is C10H7NO6S. The van der Waals surface area contributed by atoms with Crippen LogP contribution in [0.4, 0.5) is 5.69 Å². The molecule has 0 N–H and O–H groups in total. The summed E-state index contributed by atoms with van der Waals surface area (Å²) in [5, 5.41) is 10.5. The number of benzene rings is 1. The van der Waals surface area contributed by atoms with Crippen LogP contribution < -0.4 is 0 Å². The first-order valence-corrected chi connectivity index (χ1v) is 6.20. The molecule has 94 valence electrons. The van der Waals surface area contributed by atoms with Crippen molar-refractivity contribution in [1.82, 2.24) is 0 Å². The molecule has 1 aliphatic rings. The van der Waals surface area contributed by atoms with Crippen LogP contribution in [-0.4, -0.2) is 26.1 Å². The van der Waals surface area contributed by atoms with Crippen molar-refractivity contribution in [1.29, 1.82) is 0 Å². The molecular weight excluding hydrogens is 262 g/mol. The standard InChI is InChI=1S/C10H7NO6S/c12-11(13)8-2-1-3-10(6-8)18(14,15)17-5-4-9-7-16-9/h1-3,6,9H,7H2. The molecule has 0 saturated carbocycles. The molecule has 18 heavy (non-hydrogen) atoms. The SMILES string of the molecule is O=[N+]([O-])c1cccc(S(=O)(=O)OC#CC2CO2)c1. The van der Waals surface area contributed by atoms with E-state index in [0.717, 1.165) is 6.07 Å². The first kappa shape index (κ1) is 12.3. The van der Waals surface area contributed by atoms with E-state index in [4.69, 9.17) is 4.74 Å². The van der Waals surface area contributed by atoms with Crippen molar-refractivity contribution in [2.45, 2.75) is 11.0 Å². The molecule has 0 aromatic heterocycles. The predicted molar refractivity (Wildman–Crippen MR) is 58.9 cm³/mol. The Balaban J connectivity index is 2.21. The molecule has 0 amide bonds. The molecule has 1 aliphatic heterocycles. The summed E-state index contributed by atoms with van der Waals surface area (Å²) in [6, 6.07) is 4.54. The number of rotatable bonds is 3. The molecule has 7 nitrogen and oxygen atoms in total. The molecule has 8 heteroatoms. The smallest absolute Gasteiger partial charge is 0.347 e. The van der Waals surface area contributed by atoms with Gasteiger partial charge in [0.1, 0.15) is 17.1 Å². The van der Waals surface area contributed by atoms with Gasteiger partial charge in [-0.2, -0.15) is 8.42 Å². The highest BCUT2D eigenvalue weighted by Crippen LogP contribution is 2.18. The van der Waals surface area contributed by atoms with Crippen molar-refractivity contribution in [3.05, 3.63) is 34.4 Å². The Hall–Kier alpha value is -2.11. The zero-order chi connectivity index (χ0) is 13.2. The van der Waals surface area contributed by atoms with Gasteiger partial charge in [0.05, 0.1) is 11.5 Å². The van der Waals surface area contributed by atoms with Crippen LogP contribution in [0.2, 0.25) is 0 Å². The van der Waals surface area contributed by atoms with Gasteiger partial charge in [0.25, 0.3) is 5.69 Å². The molecule has 1 atom stereocenters. The second kappa shape index (κ2) is 4.64. The van der Waals surface area contributed by atoms with Crippen molar-refractivity contribution in [3.63, 3.8) is 0 Å². The van der Waals surface area contributed by atoms with Crippen molar-refractivity contribution in [2.75, 3.05) is 6.61 Å². The summed E-state index contributed by atoms with van der Waals surface area (Å²) < 4.78 is 32.4. The molecule has 1 heterocycles. The van der Waals surface area contributed by atoms with E-state index in [9.17, 15) is 18.5 Å². The van der Waals surface area contributed by atoms with E-state index in [0.29, 0.717) is 6.61 Å². The second-order valence-corrected chi connectivity index (χ2v) is 4.91. The van der Waals surface area contributed by atoms with Crippen LogP contribution in [-0.2, 0) is 19.0 Å². The fraction of sp³-hybridized carbons (Fsp3) is 0.200. The van der Waals surface area contributed by atoms with Crippen LogP contribution in [0.5, 0.6) is 0 Å². The lowest BCUT2D eigenvalue weighted by Crippen LogP contribution is -2.03. The quantitative estimate of drug-likeness (QED) is 0.263. The van der Waals surface area contributed by atoms with E-state index >= 15 is 0 Å². The Morgan fingerprint density at radius 3 is 2.83 bits per heavy atom. The molecule has 2 rings (SSSR count). The Morgan fingerprint density at radius 1 is 1.50 bits per heavy atom. The van der Waals surface area contributed by atoms with Crippen LogP contribution in [0.1, 0.15) is 0 Å². The third kappa shape index (κ3) is 2.97. The summed E-state index contributed by atoms with van der Waals surface area (Å²) in [7, 11) is -4.12. The third-order valence-corrected chi connectivity index (χ3v) is 3.16. The van der Waals surface area contributed by atoms with E-state index in [1.807, 2.05) is 6.11 Å². The van der Waals surface area contributed by atoms with Gasteiger partial charge in [0.15, 0.2) is 0 Å². The summed E-state index contributed by atoms with van der Waals surface area (Å²) in [5.74, 6) is 2.41. The second-order valence-electron chi connectivity index (χ2n) is 3.36. The summed E-state index contributed by atoms with van der Waals surface area (Å²) in [5.41, 5.74) is -0.335. The van der Waals surface area contributed by atoms with Crippen molar-refractivity contribution >= 4 is 15.8 Å². The lowest BCUT2D eigenvalue weighted by Gasteiger charge is -1.99. The Kier molecular flexibility index (Phi) is 3.18. The van der Waals surface area contributed by atoms with Gasteiger partial charge < -0.3 is 8.92 Å². The summed E-state index contributed by atoms with van der Waals surface area (Å²) >= 11 is 0. The van der Waals surface area contributed by atoms with E-state index in [2.05, 4.69) is 10.1 Å². The maximum absolute atomic E-state index is 11.6. The first-order chi connectivity index (χ1) is 8.49. The van der Waals surface area contributed by atoms with Gasteiger partial charge in [-0.05, 0) is 12.0 Å². The van der Waals surface area contributed by atoms with Gasteiger partial charge in [-0.3, -0.25) is 10.1 Å². The normalized spacial score (nSPS) is 17.4. The van der Waals surface area contributed by atoms with Crippen molar-refractivity contribution in [2.24, 2.45) is 0 Å². The van der Waals surface area contributed by atoms with Gasteiger partial charge in [-0.15, -0.1) is 0 Å².